The van der Waals surface area contributed by atoms with Gasteiger partial charge in [0.05, 0.1) is 9.83 Å². The Morgan fingerprint density at radius 3 is 2.81 bits per heavy atom. The average Bonchev–Trinajstić information content (AvgIpc) is 3.02. The van der Waals surface area contributed by atoms with E-state index in [0.717, 1.165) is 38.2 Å². The number of hydrogen-bond donors (Lipinski definition) is 1. The molecule has 2 heterocycles. The van der Waals surface area contributed by atoms with Crippen molar-refractivity contribution in [1.29, 1.82) is 0 Å². The van der Waals surface area contributed by atoms with E-state index < -0.39 is 0 Å². The molecular formula is C15H14Br2N2OS. The summed E-state index contributed by atoms with van der Waals surface area (Å²) >= 11 is 8.83. The second-order valence-electron chi connectivity index (χ2n) is 4.66. The summed E-state index contributed by atoms with van der Waals surface area (Å²) in [7, 11) is 0. The van der Waals surface area contributed by atoms with Crippen LogP contribution in [0, 0.1) is 0 Å². The molecule has 0 aliphatic rings. The van der Waals surface area contributed by atoms with Crippen LogP contribution in [0.25, 0.3) is 11.1 Å². The van der Waals surface area contributed by atoms with Crippen molar-refractivity contribution in [1.82, 2.24) is 10.3 Å². The zero-order chi connectivity index (χ0) is 14.8. The lowest BCUT2D eigenvalue weighted by molar-refractivity contribution is 0.464. The third-order valence-corrected chi connectivity index (χ3v) is 6.55. The van der Waals surface area contributed by atoms with Crippen LogP contribution in [-0.4, -0.2) is 11.5 Å². The number of nitrogens with zero attached hydrogens (tertiary/aromatic N) is 1. The summed E-state index contributed by atoms with van der Waals surface area (Å²) in [6.45, 7) is 3.01. The van der Waals surface area contributed by atoms with Crippen LogP contribution < -0.4 is 5.32 Å². The predicted octanol–water partition coefficient (Wildman–Crippen LogP) is 5.31. The largest absolute Gasteiger partial charge is 0.441 e. The van der Waals surface area contributed by atoms with E-state index in [-0.39, 0.29) is 6.04 Å². The van der Waals surface area contributed by atoms with Gasteiger partial charge in [0, 0.05) is 15.8 Å². The van der Waals surface area contributed by atoms with Crippen LogP contribution in [0.15, 0.2) is 43.0 Å². The van der Waals surface area contributed by atoms with E-state index in [4.69, 9.17) is 4.42 Å². The fourth-order valence-electron chi connectivity index (χ4n) is 2.24. The number of oxazole rings is 1. The zero-order valence-electron chi connectivity index (χ0n) is 11.4. The van der Waals surface area contributed by atoms with Crippen molar-refractivity contribution in [2.24, 2.45) is 0 Å². The quantitative estimate of drug-likeness (QED) is 0.597. The number of rotatable bonds is 5. The minimum atomic E-state index is 0.204. The van der Waals surface area contributed by atoms with Crippen molar-refractivity contribution >= 4 is 54.3 Å². The molecular weight excluding hydrogens is 416 g/mol. The van der Waals surface area contributed by atoms with Gasteiger partial charge in [-0.05, 0) is 56.6 Å². The molecule has 1 aromatic carbocycles. The molecule has 0 radical (unpaired) electrons. The van der Waals surface area contributed by atoms with E-state index >= 15 is 0 Å². The summed E-state index contributed by atoms with van der Waals surface area (Å²) < 4.78 is 8.03. The Bertz CT molecular complexity index is 701. The summed E-state index contributed by atoms with van der Waals surface area (Å²) in [6, 6.07) is 10.2. The molecule has 3 aromatic rings. The molecule has 110 valence electrons. The second kappa shape index (κ2) is 6.60. The molecule has 0 aliphatic heterocycles. The number of hydrogen-bond acceptors (Lipinski definition) is 4. The standard InChI is InChI=1S/C15H14Br2N2OS/c1-2-18-11(13-7-9(16)15(17)21-13)8-14-19-10-5-3-4-6-12(10)20-14/h3-7,11,18H,2,8H2,1H3. The van der Waals surface area contributed by atoms with Gasteiger partial charge in [-0.1, -0.05) is 19.1 Å². The van der Waals surface area contributed by atoms with Crippen molar-refractivity contribution < 1.29 is 4.42 Å². The van der Waals surface area contributed by atoms with Gasteiger partial charge >= 0.3 is 0 Å². The van der Waals surface area contributed by atoms with Crippen LogP contribution in [-0.2, 0) is 6.42 Å². The van der Waals surface area contributed by atoms with E-state index in [1.807, 2.05) is 24.3 Å². The molecule has 21 heavy (non-hydrogen) atoms. The monoisotopic (exact) mass is 428 g/mol. The molecule has 0 saturated carbocycles. The maximum absolute atomic E-state index is 5.83. The predicted molar refractivity (Wildman–Crippen MR) is 93.8 cm³/mol. The molecule has 1 N–H and O–H groups in total. The van der Waals surface area contributed by atoms with Gasteiger partial charge < -0.3 is 9.73 Å². The third-order valence-electron chi connectivity index (χ3n) is 3.18. The Morgan fingerprint density at radius 1 is 1.33 bits per heavy atom. The minimum absolute atomic E-state index is 0.204. The average molecular weight is 430 g/mol. The van der Waals surface area contributed by atoms with Crippen LogP contribution >= 0.6 is 43.2 Å². The van der Waals surface area contributed by atoms with Gasteiger partial charge in [-0.3, -0.25) is 0 Å². The molecule has 1 atom stereocenters. The summed E-state index contributed by atoms with van der Waals surface area (Å²) in [4.78, 5) is 5.83. The second-order valence-corrected chi connectivity index (χ2v) is 7.92. The van der Waals surface area contributed by atoms with Gasteiger partial charge in [0.2, 0.25) is 0 Å². The lowest BCUT2D eigenvalue weighted by Crippen LogP contribution is -2.22. The number of benzene rings is 1. The Kier molecular flexibility index (Phi) is 4.78. The van der Waals surface area contributed by atoms with Crippen molar-refractivity contribution in [2.75, 3.05) is 6.54 Å². The van der Waals surface area contributed by atoms with Crippen molar-refractivity contribution in [3.8, 4) is 0 Å². The molecule has 2 aromatic heterocycles. The molecule has 0 bridgehead atoms. The molecule has 0 saturated heterocycles. The Morgan fingerprint density at radius 2 is 2.14 bits per heavy atom. The van der Waals surface area contributed by atoms with E-state index in [9.17, 15) is 0 Å². The Hall–Kier alpha value is -0.690. The first-order valence-electron chi connectivity index (χ1n) is 6.70. The van der Waals surface area contributed by atoms with Gasteiger partial charge in [0.1, 0.15) is 5.52 Å². The SMILES string of the molecule is CCNC(Cc1nc2ccccc2o1)c1cc(Br)c(Br)s1. The topological polar surface area (TPSA) is 38.1 Å². The Labute approximate surface area is 144 Å². The molecule has 3 nitrogen and oxygen atoms in total. The first-order valence-corrected chi connectivity index (χ1v) is 9.10. The van der Waals surface area contributed by atoms with Crippen LogP contribution in [0.3, 0.4) is 0 Å². The summed E-state index contributed by atoms with van der Waals surface area (Å²) in [5.41, 5.74) is 1.76. The number of fused-ring (bicyclic) bond motifs is 1. The highest BCUT2D eigenvalue weighted by molar-refractivity contribution is 9.13. The van der Waals surface area contributed by atoms with Crippen molar-refractivity contribution in [2.45, 2.75) is 19.4 Å². The molecule has 0 aliphatic carbocycles. The van der Waals surface area contributed by atoms with Gasteiger partial charge in [-0.15, -0.1) is 11.3 Å². The first-order chi connectivity index (χ1) is 10.2. The number of thiophene rings is 1. The Balaban J connectivity index is 1.87. The molecule has 0 spiro atoms. The lowest BCUT2D eigenvalue weighted by atomic mass is 10.1. The number of halogens is 2. The van der Waals surface area contributed by atoms with Crippen molar-refractivity contribution in [3.63, 3.8) is 0 Å². The number of nitrogens with one attached hydrogen (secondary N) is 1. The number of para-hydroxylation sites is 2. The maximum atomic E-state index is 5.83. The minimum Gasteiger partial charge on any atom is -0.441 e. The molecule has 3 rings (SSSR count). The molecule has 1 unspecified atom stereocenters. The summed E-state index contributed by atoms with van der Waals surface area (Å²) in [5.74, 6) is 0.766. The van der Waals surface area contributed by atoms with Gasteiger partial charge in [0.25, 0.3) is 0 Å². The van der Waals surface area contributed by atoms with Crippen LogP contribution in [0.2, 0.25) is 0 Å². The number of likely N-dealkylation sites (N-methyl/N-ethyl adjacent to an activating group) is 1. The highest BCUT2D eigenvalue weighted by Crippen LogP contribution is 2.36. The first kappa shape index (κ1) is 15.2. The third kappa shape index (κ3) is 3.39. The molecule has 6 heteroatoms. The molecule has 0 fully saturated rings. The normalized spacial score (nSPS) is 12.9. The smallest absolute Gasteiger partial charge is 0.197 e. The van der Waals surface area contributed by atoms with E-state index in [1.165, 1.54) is 4.88 Å². The highest BCUT2D eigenvalue weighted by Gasteiger charge is 2.18. The van der Waals surface area contributed by atoms with E-state index in [2.05, 4.69) is 55.2 Å². The maximum Gasteiger partial charge on any atom is 0.197 e. The van der Waals surface area contributed by atoms with Crippen LogP contribution in [0.4, 0.5) is 0 Å². The summed E-state index contributed by atoms with van der Waals surface area (Å²) in [5, 5.41) is 3.50. The number of aromatic nitrogens is 1. The fraction of sp³-hybridized carbons (Fsp3) is 0.267. The lowest BCUT2D eigenvalue weighted by Gasteiger charge is -2.14. The van der Waals surface area contributed by atoms with Crippen LogP contribution in [0.5, 0.6) is 0 Å². The van der Waals surface area contributed by atoms with Gasteiger partial charge in [-0.2, -0.15) is 0 Å². The fourth-order valence-corrected chi connectivity index (χ4v) is 4.40. The van der Waals surface area contributed by atoms with E-state index in [1.54, 1.807) is 11.3 Å². The molecule has 0 amide bonds. The van der Waals surface area contributed by atoms with Crippen LogP contribution in [0.1, 0.15) is 23.7 Å². The summed E-state index contributed by atoms with van der Waals surface area (Å²) in [6.07, 6.45) is 0.738. The highest BCUT2D eigenvalue weighted by atomic mass is 79.9. The van der Waals surface area contributed by atoms with Gasteiger partial charge in [-0.25, -0.2) is 4.98 Å². The van der Waals surface area contributed by atoms with Crippen molar-refractivity contribution in [3.05, 3.63) is 49.4 Å². The zero-order valence-corrected chi connectivity index (χ0v) is 15.4. The van der Waals surface area contributed by atoms with E-state index in [0.29, 0.717) is 0 Å². The van der Waals surface area contributed by atoms with Gasteiger partial charge in [0.15, 0.2) is 11.5 Å².